The Morgan fingerprint density at radius 2 is 1.86 bits per heavy atom. The number of aromatic nitrogens is 3. The lowest BCUT2D eigenvalue weighted by atomic mass is 9.95. The number of benzene rings is 1. The van der Waals surface area contributed by atoms with Crippen molar-refractivity contribution in [3.63, 3.8) is 0 Å². The number of nitrogens with one attached hydrogen (secondary N) is 2. The molecule has 1 amide bonds. The average molecular weight is 418 g/mol. The van der Waals surface area contributed by atoms with Crippen LogP contribution in [0.5, 0.6) is 0 Å². The van der Waals surface area contributed by atoms with Crippen LogP contribution in [0.1, 0.15) is 42.5 Å². The number of anilines is 2. The maximum Gasteiger partial charge on any atom is 0.251 e. The first-order valence-corrected chi connectivity index (χ1v) is 10.1. The number of aryl methyl sites for hydroxylation is 1. The second kappa shape index (κ2) is 7.97. The van der Waals surface area contributed by atoms with Gasteiger partial charge in [0, 0.05) is 31.0 Å². The predicted octanol–water partition coefficient (Wildman–Crippen LogP) is 5.08. The van der Waals surface area contributed by atoms with Gasteiger partial charge < -0.3 is 15.2 Å². The molecule has 0 radical (unpaired) electrons. The van der Waals surface area contributed by atoms with Gasteiger partial charge in [0.15, 0.2) is 0 Å². The molecular formula is C20H21Cl2N5O. The number of carbonyl (C=O) groups excluding carboxylic acids is 1. The second-order valence-corrected chi connectivity index (χ2v) is 7.92. The zero-order valence-electron chi connectivity index (χ0n) is 15.5. The van der Waals surface area contributed by atoms with Crippen LogP contribution in [-0.2, 0) is 7.05 Å². The van der Waals surface area contributed by atoms with Crippen molar-refractivity contribution in [3.8, 4) is 0 Å². The summed E-state index contributed by atoms with van der Waals surface area (Å²) < 4.78 is 1.89. The highest BCUT2D eigenvalue weighted by atomic mass is 35.5. The molecule has 0 spiro atoms. The van der Waals surface area contributed by atoms with E-state index in [9.17, 15) is 4.79 Å². The maximum absolute atomic E-state index is 12.6. The van der Waals surface area contributed by atoms with Crippen LogP contribution in [0.25, 0.3) is 11.0 Å². The molecule has 1 saturated carbocycles. The van der Waals surface area contributed by atoms with Gasteiger partial charge in [-0.15, -0.1) is 0 Å². The molecule has 4 rings (SSSR count). The summed E-state index contributed by atoms with van der Waals surface area (Å²) in [7, 11) is 1.89. The summed E-state index contributed by atoms with van der Waals surface area (Å²) in [4.78, 5) is 21.2. The largest absolute Gasteiger partial charge is 0.349 e. The lowest BCUT2D eigenvalue weighted by Crippen LogP contribution is -2.36. The number of nitrogens with zero attached hydrogens (tertiary/aromatic N) is 3. The van der Waals surface area contributed by atoms with Gasteiger partial charge in [-0.1, -0.05) is 42.5 Å². The van der Waals surface area contributed by atoms with Gasteiger partial charge in [0.1, 0.15) is 0 Å². The molecule has 0 aliphatic heterocycles. The molecule has 0 atom stereocenters. The number of fused-ring (bicyclic) bond motifs is 1. The molecule has 1 fully saturated rings. The Hall–Kier alpha value is -2.31. The quantitative estimate of drug-likeness (QED) is 0.620. The first-order chi connectivity index (χ1) is 13.5. The zero-order chi connectivity index (χ0) is 19.7. The standard InChI is InChI=1S/C20H21Cl2N5O/c1-27-17-8-7-12(19(28)24-13-5-3-2-4-6-13)9-16(17)25-20(27)26-18-14(21)10-23-11-15(18)22/h7-11,13H,2-6H2,1H3,(H,24,28)(H,23,25,26). The van der Waals surface area contributed by atoms with Crippen LogP contribution in [0, 0.1) is 0 Å². The monoisotopic (exact) mass is 417 g/mol. The van der Waals surface area contributed by atoms with E-state index >= 15 is 0 Å². The molecule has 1 aliphatic carbocycles. The van der Waals surface area contributed by atoms with E-state index in [0.717, 1.165) is 23.9 Å². The normalized spacial score (nSPS) is 15.0. The number of hydrogen-bond donors (Lipinski definition) is 2. The third-order valence-electron chi connectivity index (χ3n) is 5.17. The van der Waals surface area contributed by atoms with Crippen molar-refractivity contribution in [2.45, 2.75) is 38.1 Å². The van der Waals surface area contributed by atoms with E-state index in [1.165, 1.54) is 31.7 Å². The van der Waals surface area contributed by atoms with Crippen molar-refractivity contribution >= 4 is 51.8 Å². The molecule has 2 aromatic heterocycles. The topological polar surface area (TPSA) is 71.8 Å². The molecule has 146 valence electrons. The van der Waals surface area contributed by atoms with Crippen molar-refractivity contribution in [2.24, 2.45) is 7.05 Å². The van der Waals surface area contributed by atoms with Crippen LogP contribution in [0.15, 0.2) is 30.6 Å². The second-order valence-electron chi connectivity index (χ2n) is 7.11. The molecular weight excluding hydrogens is 397 g/mol. The Bertz CT molecular complexity index is 1010. The van der Waals surface area contributed by atoms with Crippen LogP contribution in [0.4, 0.5) is 11.6 Å². The van der Waals surface area contributed by atoms with Gasteiger partial charge >= 0.3 is 0 Å². The van der Waals surface area contributed by atoms with Crippen LogP contribution in [0.3, 0.4) is 0 Å². The van der Waals surface area contributed by atoms with E-state index in [1.54, 1.807) is 0 Å². The smallest absolute Gasteiger partial charge is 0.251 e. The number of rotatable bonds is 4. The van der Waals surface area contributed by atoms with Gasteiger partial charge in [-0.25, -0.2) is 4.98 Å². The Morgan fingerprint density at radius 1 is 1.14 bits per heavy atom. The van der Waals surface area contributed by atoms with Crippen LogP contribution < -0.4 is 10.6 Å². The molecule has 6 nitrogen and oxygen atoms in total. The number of imidazole rings is 1. The van der Waals surface area contributed by atoms with Gasteiger partial charge in [-0.2, -0.15) is 0 Å². The van der Waals surface area contributed by atoms with Crippen molar-refractivity contribution in [1.82, 2.24) is 19.9 Å². The first-order valence-electron chi connectivity index (χ1n) is 9.36. The van der Waals surface area contributed by atoms with E-state index in [2.05, 4.69) is 20.6 Å². The summed E-state index contributed by atoms with van der Waals surface area (Å²) in [6, 6.07) is 5.82. The number of carbonyl (C=O) groups is 1. The van der Waals surface area contributed by atoms with Gasteiger partial charge in [-0.3, -0.25) is 9.78 Å². The molecule has 1 aliphatic rings. The fraction of sp³-hybridized carbons (Fsp3) is 0.350. The molecule has 2 heterocycles. The third-order valence-corrected chi connectivity index (χ3v) is 5.75. The van der Waals surface area contributed by atoms with Gasteiger partial charge in [0.05, 0.1) is 26.8 Å². The van der Waals surface area contributed by atoms with E-state index in [0.29, 0.717) is 27.2 Å². The molecule has 8 heteroatoms. The lowest BCUT2D eigenvalue weighted by Gasteiger charge is -2.22. The Kier molecular flexibility index (Phi) is 5.42. The summed E-state index contributed by atoms with van der Waals surface area (Å²) in [5, 5.41) is 7.12. The Morgan fingerprint density at radius 3 is 2.57 bits per heavy atom. The van der Waals surface area contributed by atoms with Crippen LogP contribution in [0.2, 0.25) is 10.0 Å². The number of amides is 1. The number of pyridine rings is 1. The van der Waals surface area contributed by atoms with Gasteiger partial charge in [0.2, 0.25) is 5.95 Å². The number of hydrogen-bond acceptors (Lipinski definition) is 4. The molecule has 3 aromatic rings. The van der Waals surface area contributed by atoms with Crippen LogP contribution in [-0.4, -0.2) is 26.5 Å². The molecule has 2 N–H and O–H groups in total. The lowest BCUT2D eigenvalue weighted by molar-refractivity contribution is 0.0928. The molecule has 0 saturated heterocycles. The minimum absolute atomic E-state index is 0.0471. The minimum Gasteiger partial charge on any atom is -0.349 e. The molecule has 0 bridgehead atoms. The highest BCUT2D eigenvalue weighted by molar-refractivity contribution is 6.39. The summed E-state index contributed by atoms with van der Waals surface area (Å²) in [5.74, 6) is 0.532. The maximum atomic E-state index is 12.6. The van der Waals surface area contributed by atoms with Crippen LogP contribution >= 0.6 is 23.2 Å². The zero-order valence-corrected chi connectivity index (χ0v) is 17.0. The van der Waals surface area contributed by atoms with Crippen molar-refractivity contribution < 1.29 is 4.79 Å². The fourth-order valence-corrected chi connectivity index (χ4v) is 4.07. The van der Waals surface area contributed by atoms with E-state index in [-0.39, 0.29) is 11.9 Å². The highest BCUT2D eigenvalue weighted by Crippen LogP contribution is 2.32. The van der Waals surface area contributed by atoms with E-state index in [1.807, 2.05) is 29.8 Å². The van der Waals surface area contributed by atoms with Gasteiger partial charge in [0.25, 0.3) is 5.91 Å². The van der Waals surface area contributed by atoms with Crippen molar-refractivity contribution in [1.29, 1.82) is 0 Å². The molecule has 28 heavy (non-hydrogen) atoms. The fourth-order valence-electron chi connectivity index (χ4n) is 3.61. The molecule has 0 unspecified atom stereocenters. The third kappa shape index (κ3) is 3.80. The first kappa shape index (κ1) is 19.0. The highest BCUT2D eigenvalue weighted by Gasteiger charge is 2.18. The summed E-state index contributed by atoms with van der Waals surface area (Å²) in [6.45, 7) is 0. The molecule has 1 aromatic carbocycles. The Balaban J connectivity index is 1.59. The summed E-state index contributed by atoms with van der Waals surface area (Å²) in [6.07, 6.45) is 8.77. The van der Waals surface area contributed by atoms with E-state index in [4.69, 9.17) is 23.2 Å². The summed E-state index contributed by atoms with van der Waals surface area (Å²) >= 11 is 12.4. The average Bonchev–Trinajstić information content (AvgIpc) is 3.00. The number of halogens is 2. The Labute approximate surface area is 173 Å². The van der Waals surface area contributed by atoms with Crippen molar-refractivity contribution in [2.75, 3.05) is 5.32 Å². The van der Waals surface area contributed by atoms with Gasteiger partial charge in [-0.05, 0) is 31.0 Å². The summed E-state index contributed by atoms with van der Waals surface area (Å²) in [5.41, 5.74) is 2.79. The van der Waals surface area contributed by atoms with E-state index < -0.39 is 0 Å². The minimum atomic E-state index is -0.0471. The van der Waals surface area contributed by atoms with Crippen molar-refractivity contribution in [3.05, 3.63) is 46.2 Å². The SMILES string of the molecule is Cn1c(Nc2c(Cl)cncc2Cl)nc2cc(C(=O)NC3CCCCC3)ccc21. The predicted molar refractivity (Wildman–Crippen MR) is 113 cm³/mol.